The van der Waals surface area contributed by atoms with Crippen LogP contribution < -0.4 is 5.32 Å². The van der Waals surface area contributed by atoms with E-state index in [0.717, 1.165) is 24.0 Å². The number of aliphatic hydroxyl groups excluding tert-OH is 1. The van der Waals surface area contributed by atoms with Crippen molar-refractivity contribution in [1.82, 2.24) is 10.2 Å². The molecule has 2 aromatic rings. The number of amides is 2. The summed E-state index contributed by atoms with van der Waals surface area (Å²) in [6.45, 7) is 0.312. The Labute approximate surface area is 203 Å². The number of carbonyl (C=O) groups excluding carboxylic acids is 2. The summed E-state index contributed by atoms with van der Waals surface area (Å²) in [5.41, 5.74) is 4.67. The zero-order chi connectivity index (χ0) is 24.5. The highest BCUT2D eigenvalue weighted by Crippen LogP contribution is 2.44. The lowest BCUT2D eigenvalue weighted by Gasteiger charge is -2.23. The molecule has 35 heavy (non-hydrogen) atoms. The summed E-state index contributed by atoms with van der Waals surface area (Å²) >= 11 is 0. The molecule has 2 aliphatic carbocycles. The molecule has 5 rings (SSSR count). The van der Waals surface area contributed by atoms with Gasteiger partial charge in [0.2, 0.25) is 5.91 Å². The number of carboxylic acids is 1. The van der Waals surface area contributed by atoms with Gasteiger partial charge in [-0.25, -0.2) is 9.59 Å². The minimum absolute atomic E-state index is 0.0000843. The van der Waals surface area contributed by atoms with Crippen molar-refractivity contribution >= 4 is 18.0 Å². The van der Waals surface area contributed by atoms with Crippen LogP contribution in [0.5, 0.6) is 0 Å². The number of carbonyl (C=O) groups is 3. The predicted molar refractivity (Wildman–Crippen MR) is 128 cm³/mol. The van der Waals surface area contributed by atoms with E-state index >= 15 is 0 Å². The van der Waals surface area contributed by atoms with Gasteiger partial charge in [0.1, 0.15) is 12.6 Å². The van der Waals surface area contributed by atoms with Crippen molar-refractivity contribution in [3.05, 3.63) is 59.7 Å². The molecule has 0 radical (unpaired) electrons. The molecule has 2 amide bonds. The van der Waals surface area contributed by atoms with Crippen molar-refractivity contribution in [3.63, 3.8) is 0 Å². The minimum atomic E-state index is -1.09. The van der Waals surface area contributed by atoms with Gasteiger partial charge in [0.15, 0.2) is 0 Å². The fourth-order valence-electron chi connectivity index (χ4n) is 5.89. The van der Waals surface area contributed by atoms with Crippen LogP contribution in [-0.2, 0) is 14.3 Å². The quantitative estimate of drug-likeness (QED) is 0.588. The third kappa shape index (κ3) is 4.75. The van der Waals surface area contributed by atoms with Crippen LogP contribution in [0.2, 0.25) is 0 Å². The maximum absolute atomic E-state index is 12.7. The number of nitrogens with one attached hydrogen (secondary N) is 1. The molecule has 2 fully saturated rings. The van der Waals surface area contributed by atoms with Crippen molar-refractivity contribution < 1.29 is 29.3 Å². The van der Waals surface area contributed by atoms with E-state index in [-0.39, 0.29) is 49.8 Å². The Morgan fingerprint density at radius 3 is 2.29 bits per heavy atom. The van der Waals surface area contributed by atoms with E-state index in [1.54, 1.807) is 0 Å². The normalized spacial score (nSPS) is 25.2. The first-order valence-electron chi connectivity index (χ1n) is 12.2. The molecular weight excluding hydrogens is 448 g/mol. The lowest BCUT2D eigenvalue weighted by atomic mass is 9.98. The molecule has 1 unspecified atom stereocenters. The van der Waals surface area contributed by atoms with E-state index < -0.39 is 24.2 Å². The molecule has 1 aliphatic heterocycles. The summed E-state index contributed by atoms with van der Waals surface area (Å²) in [5, 5.41) is 22.0. The SMILES string of the molecule is O=C(N[C@H]1CC[C@@H](CC(=O)N2CC(O)C[C@H]2C(=O)O)C1)OCC1c2ccccc2-c2ccccc21. The van der Waals surface area contributed by atoms with Gasteiger partial charge in [-0.2, -0.15) is 0 Å². The van der Waals surface area contributed by atoms with E-state index in [9.17, 15) is 24.6 Å². The fourth-order valence-corrected chi connectivity index (χ4v) is 5.89. The number of hydrogen-bond donors (Lipinski definition) is 3. The largest absolute Gasteiger partial charge is 0.480 e. The summed E-state index contributed by atoms with van der Waals surface area (Å²) < 4.78 is 5.63. The van der Waals surface area contributed by atoms with Crippen LogP contribution >= 0.6 is 0 Å². The Kier molecular flexibility index (Phi) is 6.47. The van der Waals surface area contributed by atoms with Gasteiger partial charge in [0.05, 0.1) is 6.10 Å². The summed E-state index contributed by atoms with van der Waals surface area (Å²) in [6.07, 6.45) is 1.19. The minimum Gasteiger partial charge on any atom is -0.480 e. The van der Waals surface area contributed by atoms with Crippen LogP contribution in [0, 0.1) is 5.92 Å². The number of nitrogens with zero attached hydrogens (tertiary/aromatic N) is 1. The van der Waals surface area contributed by atoms with Crippen molar-refractivity contribution in [2.24, 2.45) is 5.92 Å². The molecule has 0 spiro atoms. The lowest BCUT2D eigenvalue weighted by Crippen LogP contribution is -2.41. The van der Waals surface area contributed by atoms with Crippen LogP contribution in [0.4, 0.5) is 4.79 Å². The van der Waals surface area contributed by atoms with Gasteiger partial charge >= 0.3 is 12.1 Å². The van der Waals surface area contributed by atoms with E-state index in [0.29, 0.717) is 6.42 Å². The third-order valence-electron chi connectivity index (χ3n) is 7.55. The maximum Gasteiger partial charge on any atom is 0.407 e. The van der Waals surface area contributed by atoms with Crippen molar-refractivity contribution in [3.8, 4) is 11.1 Å². The van der Waals surface area contributed by atoms with Gasteiger partial charge in [-0.05, 0) is 47.4 Å². The number of benzene rings is 2. The van der Waals surface area contributed by atoms with Gasteiger partial charge in [0.25, 0.3) is 0 Å². The number of aliphatic hydroxyl groups is 1. The number of fused-ring (bicyclic) bond motifs is 3. The summed E-state index contributed by atoms with van der Waals surface area (Å²) in [4.78, 5) is 37.9. The number of aliphatic carboxylic acids is 1. The van der Waals surface area contributed by atoms with Crippen LogP contribution in [-0.4, -0.2) is 64.4 Å². The zero-order valence-electron chi connectivity index (χ0n) is 19.4. The second kappa shape index (κ2) is 9.70. The molecule has 1 heterocycles. The maximum atomic E-state index is 12.7. The molecule has 184 valence electrons. The second-order valence-corrected chi connectivity index (χ2v) is 9.84. The summed E-state index contributed by atoms with van der Waals surface area (Å²) in [5.74, 6) is -1.27. The first-order chi connectivity index (χ1) is 16.9. The van der Waals surface area contributed by atoms with Gasteiger partial charge < -0.3 is 25.2 Å². The molecule has 3 N–H and O–H groups in total. The Morgan fingerprint density at radius 1 is 0.971 bits per heavy atom. The van der Waals surface area contributed by atoms with Gasteiger partial charge in [-0.15, -0.1) is 0 Å². The van der Waals surface area contributed by atoms with Gasteiger partial charge in [-0.3, -0.25) is 4.79 Å². The number of hydrogen-bond acceptors (Lipinski definition) is 5. The molecule has 3 aliphatic rings. The van der Waals surface area contributed by atoms with Crippen LogP contribution in [0.25, 0.3) is 11.1 Å². The van der Waals surface area contributed by atoms with Crippen LogP contribution in [0.3, 0.4) is 0 Å². The molecular formula is C27H30N2O6. The third-order valence-corrected chi connectivity index (χ3v) is 7.55. The summed E-state index contributed by atoms with van der Waals surface area (Å²) in [7, 11) is 0. The smallest absolute Gasteiger partial charge is 0.407 e. The number of carboxylic acid groups (broad SMARTS) is 1. The predicted octanol–water partition coefficient (Wildman–Crippen LogP) is 3.13. The van der Waals surface area contributed by atoms with E-state index in [1.807, 2.05) is 24.3 Å². The van der Waals surface area contributed by atoms with Crippen LogP contribution in [0.1, 0.15) is 49.1 Å². The van der Waals surface area contributed by atoms with E-state index in [2.05, 4.69) is 29.6 Å². The monoisotopic (exact) mass is 478 g/mol. The molecule has 1 saturated carbocycles. The van der Waals surface area contributed by atoms with Crippen molar-refractivity contribution in [2.75, 3.05) is 13.2 Å². The average molecular weight is 479 g/mol. The standard InChI is InChI=1S/C27H30N2O6/c30-18-13-24(26(32)33)29(14-18)25(31)12-16-9-10-17(11-16)28-27(34)35-15-23-21-7-3-1-5-19(21)20-6-2-4-8-22(20)23/h1-8,16-18,23-24,30H,9-15H2,(H,28,34)(H,32,33)/t16-,17+,18?,24+/m1/s1. The molecule has 8 heteroatoms. The first kappa shape index (κ1) is 23.4. The number of ether oxygens (including phenoxy) is 1. The zero-order valence-corrected chi connectivity index (χ0v) is 19.4. The highest BCUT2D eigenvalue weighted by molar-refractivity contribution is 5.84. The topological polar surface area (TPSA) is 116 Å². The highest BCUT2D eigenvalue weighted by atomic mass is 16.5. The number of likely N-dealkylation sites (tertiary alicyclic amines) is 1. The van der Waals surface area contributed by atoms with E-state index in [4.69, 9.17) is 4.74 Å². The van der Waals surface area contributed by atoms with Crippen molar-refractivity contribution in [1.29, 1.82) is 0 Å². The van der Waals surface area contributed by atoms with Gasteiger partial charge in [-0.1, -0.05) is 48.5 Å². The Morgan fingerprint density at radius 2 is 1.63 bits per heavy atom. The molecule has 0 bridgehead atoms. The molecule has 1 saturated heterocycles. The second-order valence-electron chi connectivity index (χ2n) is 9.84. The number of alkyl carbamates (subject to hydrolysis) is 1. The van der Waals surface area contributed by atoms with Crippen LogP contribution in [0.15, 0.2) is 48.5 Å². The average Bonchev–Trinajstić information content (AvgIpc) is 3.53. The first-order valence-corrected chi connectivity index (χ1v) is 12.2. The number of β-amino-alcohol motifs (C(OH)–C–C–N with tert-alkyl or cyclic N) is 1. The summed E-state index contributed by atoms with van der Waals surface area (Å²) in [6, 6.07) is 15.3. The fraction of sp³-hybridized carbons (Fsp3) is 0.444. The number of rotatable bonds is 6. The highest BCUT2D eigenvalue weighted by Gasteiger charge is 2.40. The van der Waals surface area contributed by atoms with Gasteiger partial charge in [0, 0.05) is 31.3 Å². The van der Waals surface area contributed by atoms with Crippen molar-refractivity contribution in [2.45, 2.75) is 56.2 Å². The Hall–Kier alpha value is -3.39. The molecule has 4 atom stereocenters. The molecule has 2 aromatic carbocycles. The Bertz CT molecular complexity index is 1090. The van der Waals surface area contributed by atoms with E-state index in [1.165, 1.54) is 16.0 Å². The molecule has 0 aromatic heterocycles. The Balaban J connectivity index is 1.12. The molecule has 8 nitrogen and oxygen atoms in total. The lowest BCUT2D eigenvalue weighted by molar-refractivity contribution is -0.148.